The van der Waals surface area contributed by atoms with Gasteiger partial charge in [0.25, 0.3) is 0 Å². The molecule has 4 rings (SSSR count). The Balaban J connectivity index is 1.73. The molecule has 3 aromatic carbocycles. The van der Waals surface area contributed by atoms with E-state index >= 15 is 0 Å². The molecule has 1 heterocycles. The summed E-state index contributed by atoms with van der Waals surface area (Å²) in [6.07, 6.45) is 0.700. The van der Waals surface area contributed by atoms with Crippen molar-refractivity contribution in [3.63, 3.8) is 0 Å². The maximum atomic E-state index is 13.9. The first kappa shape index (κ1) is 37.6. The smallest absolute Gasteiger partial charge is 0.425 e. The lowest BCUT2D eigenvalue weighted by molar-refractivity contribution is -0.122. The third-order valence-corrected chi connectivity index (χ3v) is 8.42. The number of sulfone groups is 1. The Morgan fingerprint density at radius 1 is 0.880 bits per heavy atom. The Kier molecular flexibility index (Phi) is 11.1. The van der Waals surface area contributed by atoms with Crippen molar-refractivity contribution >= 4 is 55.8 Å². The lowest BCUT2D eigenvalue weighted by Gasteiger charge is -2.28. The highest BCUT2D eigenvalue weighted by Crippen LogP contribution is 2.31. The predicted molar refractivity (Wildman–Crippen MR) is 196 cm³/mol. The number of hydrogen-bond acceptors (Lipinski definition) is 9. The molecule has 1 atom stereocenters. The van der Waals surface area contributed by atoms with Crippen LogP contribution in [0, 0.1) is 0 Å². The van der Waals surface area contributed by atoms with Crippen LogP contribution in [0.2, 0.25) is 0 Å². The lowest BCUT2D eigenvalue weighted by atomic mass is 9.99. The second-order valence-corrected chi connectivity index (χ2v) is 15.9. The molecular formula is C38H44N4O7S. The van der Waals surface area contributed by atoms with E-state index in [0.717, 1.165) is 22.3 Å². The summed E-state index contributed by atoms with van der Waals surface area (Å²) >= 11 is 0. The number of allylic oxidation sites excluding steroid dienone is 1. The van der Waals surface area contributed by atoms with Crippen molar-refractivity contribution in [2.75, 3.05) is 16.5 Å². The van der Waals surface area contributed by atoms with Gasteiger partial charge in [0, 0.05) is 30.1 Å². The molecule has 1 aromatic heterocycles. The number of ether oxygens (including phenoxy) is 2. The molecule has 3 amide bonds. The van der Waals surface area contributed by atoms with Crippen LogP contribution in [-0.2, 0) is 30.7 Å². The zero-order valence-corrected chi connectivity index (χ0v) is 30.5. The second-order valence-electron chi connectivity index (χ2n) is 13.9. The number of amides is 3. The summed E-state index contributed by atoms with van der Waals surface area (Å²) < 4.78 is 35.8. The van der Waals surface area contributed by atoms with Crippen LogP contribution in [-0.4, -0.2) is 49.0 Å². The Morgan fingerprint density at radius 2 is 1.52 bits per heavy atom. The lowest BCUT2D eigenvalue weighted by Crippen LogP contribution is -2.44. The number of nitrogens with one attached hydrogen (secondary N) is 2. The molecule has 0 fully saturated rings. The van der Waals surface area contributed by atoms with Crippen LogP contribution in [0.4, 0.5) is 21.1 Å². The minimum Gasteiger partial charge on any atom is -0.443 e. The van der Waals surface area contributed by atoms with Gasteiger partial charge < -0.3 is 20.1 Å². The maximum Gasteiger partial charge on any atom is 0.425 e. The molecule has 0 radical (unpaired) electrons. The van der Waals surface area contributed by atoms with E-state index in [1.165, 1.54) is 12.3 Å². The molecule has 0 spiro atoms. The minimum atomic E-state index is -3.52. The van der Waals surface area contributed by atoms with Crippen LogP contribution in [0.15, 0.2) is 90.5 Å². The fraction of sp³-hybridized carbons (Fsp3) is 0.316. The molecule has 11 nitrogen and oxygen atoms in total. The standard InChI is InChI=1S/C38H44N4O7S/c1-24(2)25-14-12-15-27(21-25)32(34(43)40-23-28-13-10-11-16-31(28)50(9,46)47)41-29-17-18-30-26(22-29)19-20-39-33(30)42(35(44)48-37(3,4)5)36(45)49-38(6,7)8/h10-22,32,41H,1,23H2,2-9H3,(H,40,43). The molecule has 4 aromatic rings. The summed E-state index contributed by atoms with van der Waals surface area (Å²) in [7, 11) is -3.52. The van der Waals surface area contributed by atoms with Gasteiger partial charge in [0.15, 0.2) is 15.7 Å². The number of benzene rings is 3. The Morgan fingerprint density at radius 3 is 2.12 bits per heavy atom. The molecule has 0 aliphatic carbocycles. The highest BCUT2D eigenvalue weighted by molar-refractivity contribution is 7.90. The van der Waals surface area contributed by atoms with E-state index in [-0.39, 0.29) is 17.3 Å². The van der Waals surface area contributed by atoms with Gasteiger partial charge in [-0.05, 0) is 107 Å². The van der Waals surface area contributed by atoms with E-state index in [1.807, 2.05) is 31.2 Å². The van der Waals surface area contributed by atoms with E-state index in [2.05, 4.69) is 22.2 Å². The first-order valence-corrected chi connectivity index (χ1v) is 17.9. The highest BCUT2D eigenvalue weighted by Gasteiger charge is 2.34. The Bertz CT molecular complexity index is 2020. The molecule has 0 saturated heterocycles. The fourth-order valence-corrected chi connectivity index (χ4v) is 5.98. The van der Waals surface area contributed by atoms with Crippen LogP contribution in [0.3, 0.4) is 0 Å². The van der Waals surface area contributed by atoms with Gasteiger partial charge in [-0.3, -0.25) is 4.79 Å². The average molecular weight is 701 g/mol. The van der Waals surface area contributed by atoms with Gasteiger partial charge in [0.05, 0.1) is 4.90 Å². The number of aromatic nitrogens is 1. The van der Waals surface area contributed by atoms with E-state index in [4.69, 9.17) is 9.47 Å². The molecular weight excluding hydrogens is 657 g/mol. The van der Waals surface area contributed by atoms with Gasteiger partial charge in [-0.1, -0.05) is 48.6 Å². The second kappa shape index (κ2) is 14.7. The van der Waals surface area contributed by atoms with Gasteiger partial charge in [0.1, 0.15) is 17.2 Å². The first-order chi connectivity index (χ1) is 23.2. The number of anilines is 2. The van der Waals surface area contributed by atoms with Crippen LogP contribution >= 0.6 is 0 Å². The quantitative estimate of drug-likeness (QED) is 0.179. The number of nitrogens with zero attached hydrogens (tertiary/aromatic N) is 2. The minimum absolute atomic E-state index is 0.0155. The van der Waals surface area contributed by atoms with Gasteiger partial charge >= 0.3 is 12.2 Å². The number of carbonyl (C=O) groups excluding carboxylic acids is 3. The van der Waals surface area contributed by atoms with E-state index < -0.39 is 45.2 Å². The Hall–Kier alpha value is -5.23. The summed E-state index contributed by atoms with van der Waals surface area (Å²) in [6.45, 7) is 16.0. The SMILES string of the molecule is C=C(C)c1cccc(C(Nc2ccc3c(N(C(=O)OC(C)(C)C)C(=O)OC(C)(C)C)nccc3c2)C(=O)NCc2ccccc2S(C)(=O)=O)c1. The zero-order valence-electron chi connectivity index (χ0n) is 29.7. The van der Waals surface area contributed by atoms with Crippen molar-refractivity contribution in [2.24, 2.45) is 0 Å². The monoisotopic (exact) mass is 700 g/mol. The van der Waals surface area contributed by atoms with Crippen molar-refractivity contribution in [1.29, 1.82) is 0 Å². The number of carbonyl (C=O) groups is 3. The van der Waals surface area contributed by atoms with Crippen molar-refractivity contribution in [1.82, 2.24) is 10.3 Å². The van der Waals surface area contributed by atoms with Gasteiger partial charge in [-0.25, -0.2) is 23.0 Å². The van der Waals surface area contributed by atoms with Crippen molar-refractivity contribution < 1.29 is 32.3 Å². The number of hydrogen-bond donors (Lipinski definition) is 2. The molecule has 12 heteroatoms. The summed E-state index contributed by atoms with van der Waals surface area (Å²) in [5, 5.41) is 7.27. The zero-order chi connectivity index (χ0) is 37.0. The molecule has 2 N–H and O–H groups in total. The molecule has 0 bridgehead atoms. The first-order valence-electron chi connectivity index (χ1n) is 16.0. The molecule has 0 saturated carbocycles. The maximum absolute atomic E-state index is 13.9. The highest BCUT2D eigenvalue weighted by atomic mass is 32.2. The van der Waals surface area contributed by atoms with Gasteiger partial charge in [-0.15, -0.1) is 0 Å². The van der Waals surface area contributed by atoms with Crippen LogP contribution in [0.1, 0.15) is 71.2 Å². The Labute approximate surface area is 293 Å². The molecule has 0 aliphatic heterocycles. The summed E-state index contributed by atoms with van der Waals surface area (Å²) in [6, 6.07) is 19.9. The van der Waals surface area contributed by atoms with Crippen molar-refractivity contribution in [2.45, 2.75) is 77.2 Å². The number of rotatable bonds is 9. The van der Waals surface area contributed by atoms with Gasteiger partial charge in [0.2, 0.25) is 5.91 Å². The van der Waals surface area contributed by atoms with E-state index in [1.54, 1.807) is 84.0 Å². The van der Waals surface area contributed by atoms with Crippen LogP contribution < -0.4 is 15.5 Å². The summed E-state index contributed by atoms with van der Waals surface area (Å²) in [5.74, 6) is -0.380. The summed E-state index contributed by atoms with van der Waals surface area (Å²) in [4.78, 5) is 45.9. The van der Waals surface area contributed by atoms with E-state index in [9.17, 15) is 22.8 Å². The number of imide groups is 1. The average Bonchev–Trinajstić information content (AvgIpc) is 3.00. The molecule has 0 aliphatic rings. The van der Waals surface area contributed by atoms with Crippen molar-refractivity contribution in [3.8, 4) is 0 Å². The third-order valence-electron chi connectivity index (χ3n) is 7.22. The molecule has 50 heavy (non-hydrogen) atoms. The fourth-order valence-electron chi connectivity index (χ4n) is 5.04. The van der Waals surface area contributed by atoms with Crippen LogP contribution in [0.5, 0.6) is 0 Å². The number of fused-ring (bicyclic) bond motifs is 1. The largest absolute Gasteiger partial charge is 0.443 e. The number of pyridine rings is 1. The summed E-state index contributed by atoms with van der Waals surface area (Å²) in [5.41, 5.74) is 1.53. The predicted octanol–water partition coefficient (Wildman–Crippen LogP) is 7.82. The molecule has 1 unspecified atom stereocenters. The topological polar surface area (TPSA) is 144 Å². The van der Waals surface area contributed by atoms with E-state index in [0.29, 0.717) is 27.6 Å². The van der Waals surface area contributed by atoms with Gasteiger partial charge in [-0.2, -0.15) is 4.90 Å². The van der Waals surface area contributed by atoms with Crippen LogP contribution in [0.25, 0.3) is 16.3 Å². The third kappa shape index (κ3) is 9.69. The van der Waals surface area contributed by atoms with Crippen molar-refractivity contribution in [3.05, 3.63) is 102 Å². The normalized spacial score (nSPS) is 12.5. The molecule has 264 valence electrons.